The average Bonchev–Trinajstić information content (AvgIpc) is 2.27. The van der Waals surface area contributed by atoms with Gasteiger partial charge in [0, 0.05) is 4.47 Å². The molecule has 0 aliphatic rings. The second kappa shape index (κ2) is 6.13. The topological polar surface area (TPSA) is 112 Å². The molecule has 0 amide bonds. The molecule has 0 unspecified atom stereocenters. The predicted octanol–water partition coefficient (Wildman–Crippen LogP) is 0.609. The summed E-state index contributed by atoms with van der Waals surface area (Å²) in [5.74, 6) is -2.86. The third-order valence-electron chi connectivity index (χ3n) is 2.07. The van der Waals surface area contributed by atoms with Gasteiger partial charge in [-0.15, -0.1) is 0 Å². The van der Waals surface area contributed by atoms with Crippen LogP contribution in [-0.2, 0) is 19.6 Å². The van der Waals surface area contributed by atoms with Crippen LogP contribution >= 0.6 is 15.9 Å². The van der Waals surface area contributed by atoms with E-state index in [2.05, 4.69) is 15.9 Å². The standard InChI is InChI=1S/C10H10BrNO6S/c11-7-1-3-8(4-2-7)19(17,18)12(5-9(13)14)6-10(15)16/h1-4H,5-6H2,(H,13,14)(H,15,16). The van der Waals surface area contributed by atoms with Crippen molar-refractivity contribution in [3.05, 3.63) is 28.7 Å². The summed E-state index contributed by atoms with van der Waals surface area (Å²) in [6.45, 7) is -1.82. The van der Waals surface area contributed by atoms with E-state index >= 15 is 0 Å². The van der Waals surface area contributed by atoms with Gasteiger partial charge >= 0.3 is 11.9 Å². The van der Waals surface area contributed by atoms with E-state index in [-0.39, 0.29) is 4.90 Å². The Balaban J connectivity index is 3.14. The quantitative estimate of drug-likeness (QED) is 0.776. The Bertz CT molecular complexity index is 567. The summed E-state index contributed by atoms with van der Waals surface area (Å²) in [6.07, 6.45) is 0. The SMILES string of the molecule is O=C(O)CN(CC(=O)O)S(=O)(=O)c1ccc(Br)cc1. The van der Waals surface area contributed by atoms with Gasteiger partial charge in [0.05, 0.1) is 4.90 Å². The Hall–Kier alpha value is -1.45. The monoisotopic (exact) mass is 351 g/mol. The normalized spacial score (nSPS) is 11.5. The largest absolute Gasteiger partial charge is 0.480 e. The fraction of sp³-hybridized carbons (Fsp3) is 0.200. The molecule has 0 saturated carbocycles. The summed E-state index contributed by atoms with van der Waals surface area (Å²) in [7, 11) is -4.16. The Kier molecular flexibility index (Phi) is 5.04. The third kappa shape index (κ3) is 4.30. The molecule has 0 atom stereocenters. The lowest BCUT2D eigenvalue weighted by Gasteiger charge is -2.18. The van der Waals surface area contributed by atoms with Crippen LogP contribution in [0.15, 0.2) is 33.6 Å². The lowest BCUT2D eigenvalue weighted by Crippen LogP contribution is -2.39. The Morgan fingerprint density at radius 2 is 1.47 bits per heavy atom. The van der Waals surface area contributed by atoms with Gasteiger partial charge in [0.2, 0.25) is 10.0 Å². The van der Waals surface area contributed by atoms with Crippen LogP contribution in [0.2, 0.25) is 0 Å². The molecular weight excluding hydrogens is 342 g/mol. The molecule has 104 valence electrons. The first-order valence-electron chi connectivity index (χ1n) is 4.93. The number of nitrogens with zero attached hydrogens (tertiary/aromatic N) is 1. The van der Waals surface area contributed by atoms with Crippen LogP contribution in [0, 0.1) is 0 Å². The van der Waals surface area contributed by atoms with Crippen LogP contribution in [0.4, 0.5) is 0 Å². The molecule has 0 spiro atoms. The van der Waals surface area contributed by atoms with E-state index in [1.807, 2.05) is 0 Å². The number of hydrogen-bond acceptors (Lipinski definition) is 4. The van der Waals surface area contributed by atoms with Gasteiger partial charge in [-0.05, 0) is 24.3 Å². The van der Waals surface area contributed by atoms with Crippen LogP contribution in [0.25, 0.3) is 0 Å². The van der Waals surface area contributed by atoms with Crippen molar-refractivity contribution in [2.75, 3.05) is 13.1 Å². The summed E-state index contributed by atoms with van der Waals surface area (Å²) in [4.78, 5) is 21.1. The Labute approximate surface area is 117 Å². The molecule has 0 aromatic heterocycles. The summed E-state index contributed by atoms with van der Waals surface area (Å²) in [6, 6.07) is 5.45. The van der Waals surface area contributed by atoms with Crippen molar-refractivity contribution in [1.82, 2.24) is 4.31 Å². The minimum Gasteiger partial charge on any atom is -0.480 e. The van der Waals surface area contributed by atoms with Crippen molar-refractivity contribution in [1.29, 1.82) is 0 Å². The Morgan fingerprint density at radius 1 is 1.05 bits per heavy atom. The number of carboxylic acid groups (broad SMARTS) is 2. The summed E-state index contributed by atoms with van der Waals surface area (Å²) in [5.41, 5.74) is 0. The number of rotatable bonds is 6. The van der Waals surface area contributed by atoms with E-state index in [1.165, 1.54) is 24.3 Å². The molecule has 0 heterocycles. The van der Waals surface area contributed by atoms with Crippen molar-refractivity contribution >= 4 is 37.9 Å². The summed E-state index contributed by atoms with van der Waals surface area (Å²) < 4.78 is 25.2. The smallest absolute Gasteiger partial charge is 0.318 e. The first-order valence-corrected chi connectivity index (χ1v) is 7.16. The van der Waals surface area contributed by atoms with Crippen LogP contribution in [0.1, 0.15) is 0 Å². The lowest BCUT2D eigenvalue weighted by molar-refractivity contribution is -0.139. The maximum absolute atomic E-state index is 12.1. The van der Waals surface area contributed by atoms with Crippen LogP contribution in [0.5, 0.6) is 0 Å². The van der Waals surface area contributed by atoms with Crippen molar-refractivity contribution in [3.63, 3.8) is 0 Å². The fourth-order valence-electron chi connectivity index (χ4n) is 1.28. The molecule has 0 aliphatic carbocycles. The Morgan fingerprint density at radius 3 is 1.84 bits per heavy atom. The van der Waals surface area contributed by atoms with E-state index in [0.717, 1.165) is 0 Å². The number of hydrogen-bond donors (Lipinski definition) is 2. The van der Waals surface area contributed by atoms with Gasteiger partial charge in [-0.3, -0.25) is 9.59 Å². The lowest BCUT2D eigenvalue weighted by atomic mass is 10.4. The van der Waals surface area contributed by atoms with Crippen molar-refractivity contribution in [2.24, 2.45) is 0 Å². The zero-order chi connectivity index (χ0) is 14.6. The van der Waals surface area contributed by atoms with E-state index in [4.69, 9.17) is 10.2 Å². The summed E-state index contributed by atoms with van der Waals surface area (Å²) >= 11 is 3.13. The molecule has 1 aromatic carbocycles. The van der Waals surface area contributed by atoms with E-state index in [1.54, 1.807) is 0 Å². The van der Waals surface area contributed by atoms with E-state index in [0.29, 0.717) is 8.78 Å². The molecule has 0 aliphatic heterocycles. The van der Waals surface area contributed by atoms with Crippen molar-refractivity contribution < 1.29 is 28.2 Å². The van der Waals surface area contributed by atoms with E-state index in [9.17, 15) is 18.0 Å². The second-order valence-electron chi connectivity index (χ2n) is 3.51. The molecule has 2 N–H and O–H groups in total. The highest BCUT2D eigenvalue weighted by Crippen LogP contribution is 2.18. The van der Waals surface area contributed by atoms with Gasteiger partial charge in [-0.2, -0.15) is 4.31 Å². The van der Waals surface area contributed by atoms with Gasteiger partial charge in [-0.25, -0.2) is 8.42 Å². The van der Waals surface area contributed by atoms with Crippen LogP contribution in [-0.4, -0.2) is 48.0 Å². The predicted molar refractivity (Wildman–Crippen MR) is 68.2 cm³/mol. The first-order chi connectivity index (χ1) is 8.73. The van der Waals surface area contributed by atoms with Gasteiger partial charge < -0.3 is 10.2 Å². The molecule has 1 rings (SSSR count). The summed E-state index contributed by atoms with van der Waals surface area (Å²) in [5, 5.41) is 17.3. The van der Waals surface area contributed by atoms with Crippen LogP contribution in [0.3, 0.4) is 0 Å². The molecule has 9 heteroatoms. The van der Waals surface area contributed by atoms with Gasteiger partial charge in [0.15, 0.2) is 0 Å². The highest BCUT2D eigenvalue weighted by molar-refractivity contribution is 9.10. The minimum atomic E-state index is -4.16. The zero-order valence-electron chi connectivity index (χ0n) is 9.48. The maximum Gasteiger partial charge on any atom is 0.318 e. The number of carboxylic acids is 2. The number of sulfonamides is 1. The highest BCUT2D eigenvalue weighted by Gasteiger charge is 2.28. The van der Waals surface area contributed by atoms with Gasteiger partial charge in [-0.1, -0.05) is 15.9 Å². The fourth-order valence-corrected chi connectivity index (χ4v) is 2.89. The second-order valence-corrected chi connectivity index (χ2v) is 6.37. The third-order valence-corrected chi connectivity index (χ3v) is 4.41. The van der Waals surface area contributed by atoms with Crippen LogP contribution < -0.4 is 0 Å². The molecule has 0 saturated heterocycles. The van der Waals surface area contributed by atoms with Crippen molar-refractivity contribution in [3.8, 4) is 0 Å². The molecule has 7 nitrogen and oxygen atoms in total. The first kappa shape index (κ1) is 15.6. The number of halogens is 1. The molecular formula is C10H10BrNO6S. The molecule has 0 radical (unpaired) electrons. The average molecular weight is 352 g/mol. The molecule has 19 heavy (non-hydrogen) atoms. The number of benzene rings is 1. The molecule has 1 aromatic rings. The highest BCUT2D eigenvalue weighted by atomic mass is 79.9. The number of aliphatic carboxylic acids is 2. The molecule has 0 fully saturated rings. The maximum atomic E-state index is 12.1. The van der Waals surface area contributed by atoms with E-state index < -0.39 is 35.1 Å². The van der Waals surface area contributed by atoms with Gasteiger partial charge in [0.25, 0.3) is 0 Å². The number of carbonyl (C=O) groups is 2. The van der Waals surface area contributed by atoms with Crippen molar-refractivity contribution in [2.45, 2.75) is 4.90 Å². The minimum absolute atomic E-state index is 0.168. The molecule has 0 bridgehead atoms. The van der Waals surface area contributed by atoms with Gasteiger partial charge in [0.1, 0.15) is 13.1 Å². The zero-order valence-corrected chi connectivity index (χ0v) is 11.9.